The van der Waals surface area contributed by atoms with Crippen molar-refractivity contribution in [2.45, 2.75) is 44.2 Å². The first kappa shape index (κ1) is 13.6. The van der Waals surface area contributed by atoms with Crippen LogP contribution in [0.5, 0.6) is 0 Å². The van der Waals surface area contributed by atoms with E-state index >= 15 is 0 Å². The lowest BCUT2D eigenvalue weighted by molar-refractivity contribution is -0.130. The van der Waals surface area contributed by atoms with Crippen molar-refractivity contribution < 1.29 is 9.18 Å². The Morgan fingerprint density at radius 2 is 2.05 bits per heavy atom. The van der Waals surface area contributed by atoms with Gasteiger partial charge < -0.3 is 10.2 Å². The third-order valence-electron chi connectivity index (χ3n) is 4.36. The number of hydrogen-bond acceptors (Lipinski definition) is 2. The summed E-state index contributed by atoms with van der Waals surface area (Å²) in [6.07, 6.45) is 3.35. The molecule has 1 aromatic carbocycles. The molecule has 20 heavy (non-hydrogen) atoms. The van der Waals surface area contributed by atoms with Crippen LogP contribution in [0.2, 0.25) is 0 Å². The molecule has 3 rings (SSSR count). The van der Waals surface area contributed by atoms with Crippen molar-refractivity contribution in [2.75, 3.05) is 13.1 Å². The topological polar surface area (TPSA) is 32.3 Å². The molecule has 1 amide bonds. The Labute approximate surface area is 119 Å². The van der Waals surface area contributed by atoms with Crippen molar-refractivity contribution in [3.63, 3.8) is 0 Å². The quantitative estimate of drug-likeness (QED) is 0.915. The molecule has 1 saturated heterocycles. The number of benzene rings is 1. The number of rotatable bonds is 4. The fourth-order valence-corrected chi connectivity index (χ4v) is 2.98. The van der Waals surface area contributed by atoms with E-state index in [0.29, 0.717) is 18.5 Å². The van der Waals surface area contributed by atoms with Crippen LogP contribution in [0.4, 0.5) is 4.39 Å². The zero-order chi connectivity index (χ0) is 14.1. The predicted octanol–water partition coefficient (Wildman–Crippen LogP) is 2.28. The van der Waals surface area contributed by atoms with Gasteiger partial charge in [0.1, 0.15) is 5.82 Å². The maximum atomic E-state index is 13.0. The fourth-order valence-electron chi connectivity index (χ4n) is 2.98. The summed E-state index contributed by atoms with van der Waals surface area (Å²) in [5.41, 5.74) is 1.13. The van der Waals surface area contributed by atoms with E-state index in [4.69, 9.17) is 0 Å². The number of amides is 1. The predicted molar refractivity (Wildman–Crippen MR) is 76.0 cm³/mol. The monoisotopic (exact) mass is 276 g/mol. The minimum absolute atomic E-state index is 0.189. The SMILES string of the molecule is C[C@@H]1C[C@@H](c2ccc(F)cc2)CN1C(=O)CNC1CC1. The molecule has 108 valence electrons. The summed E-state index contributed by atoms with van der Waals surface area (Å²) in [5, 5.41) is 3.28. The summed E-state index contributed by atoms with van der Waals surface area (Å²) in [4.78, 5) is 14.2. The van der Waals surface area contributed by atoms with Crippen molar-refractivity contribution in [1.82, 2.24) is 10.2 Å². The average molecular weight is 276 g/mol. The molecular weight excluding hydrogens is 255 g/mol. The van der Waals surface area contributed by atoms with Crippen LogP contribution in [0.25, 0.3) is 0 Å². The van der Waals surface area contributed by atoms with Gasteiger partial charge in [-0.05, 0) is 43.9 Å². The van der Waals surface area contributed by atoms with Gasteiger partial charge in [0.15, 0.2) is 0 Å². The number of carbonyl (C=O) groups excluding carboxylic acids is 1. The van der Waals surface area contributed by atoms with E-state index in [1.165, 1.54) is 25.0 Å². The molecule has 4 heteroatoms. The van der Waals surface area contributed by atoms with Crippen LogP contribution in [0.15, 0.2) is 24.3 Å². The summed E-state index contributed by atoms with van der Waals surface area (Å²) >= 11 is 0. The smallest absolute Gasteiger partial charge is 0.236 e. The lowest BCUT2D eigenvalue weighted by atomic mass is 9.97. The van der Waals surface area contributed by atoms with Crippen LogP contribution in [0, 0.1) is 5.82 Å². The Kier molecular flexibility index (Phi) is 3.74. The summed E-state index contributed by atoms with van der Waals surface area (Å²) in [5.74, 6) is 0.311. The normalized spacial score (nSPS) is 26.0. The van der Waals surface area contributed by atoms with E-state index in [1.807, 2.05) is 17.0 Å². The Balaban J connectivity index is 1.60. The van der Waals surface area contributed by atoms with Gasteiger partial charge >= 0.3 is 0 Å². The van der Waals surface area contributed by atoms with Crippen LogP contribution in [-0.2, 0) is 4.79 Å². The zero-order valence-corrected chi connectivity index (χ0v) is 11.8. The van der Waals surface area contributed by atoms with Gasteiger partial charge in [0.2, 0.25) is 5.91 Å². The molecule has 0 radical (unpaired) electrons. The molecule has 1 aliphatic carbocycles. The van der Waals surface area contributed by atoms with Gasteiger partial charge in [-0.15, -0.1) is 0 Å². The third kappa shape index (κ3) is 3.01. The third-order valence-corrected chi connectivity index (χ3v) is 4.36. The summed E-state index contributed by atoms with van der Waals surface area (Å²) in [7, 11) is 0. The largest absolute Gasteiger partial charge is 0.338 e. The molecule has 3 nitrogen and oxygen atoms in total. The van der Waals surface area contributed by atoms with Gasteiger partial charge in [-0.1, -0.05) is 12.1 Å². The van der Waals surface area contributed by atoms with E-state index < -0.39 is 0 Å². The van der Waals surface area contributed by atoms with Gasteiger partial charge in [0, 0.05) is 24.5 Å². The summed E-state index contributed by atoms with van der Waals surface area (Å²) in [6.45, 7) is 3.29. The molecule has 0 aromatic heterocycles. The number of nitrogens with zero attached hydrogens (tertiary/aromatic N) is 1. The van der Waals surface area contributed by atoms with Crippen LogP contribution in [0.3, 0.4) is 0 Å². The highest BCUT2D eigenvalue weighted by Gasteiger charge is 2.33. The number of carbonyl (C=O) groups is 1. The Hall–Kier alpha value is -1.42. The average Bonchev–Trinajstić information content (AvgIpc) is 3.19. The lowest BCUT2D eigenvalue weighted by Crippen LogP contribution is -2.40. The van der Waals surface area contributed by atoms with Crippen molar-refractivity contribution in [2.24, 2.45) is 0 Å². The Bertz CT molecular complexity index is 484. The van der Waals surface area contributed by atoms with Crippen molar-refractivity contribution in [3.8, 4) is 0 Å². The molecule has 2 aliphatic rings. The lowest BCUT2D eigenvalue weighted by Gasteiger charge is -2.21. The minimum atomic E-state index is -0.207. The molecule has 1 aromatic rings. The van der Waals surface area contributed by atoms with Gasteiger partial charge in [-0.25, -0.2) is 4.39 Å². The maximum absolute atomic E-state index is 13.0. The maximum Gasteiger partial charge on any atom is 0.236 e. The molecule has 0 bridgehead atoms. The van der Waals surface area contributed by atoms with Gasteiger partial charge in [-0.3, -0.25) is 4.79 Å². The first-order valence-corrected chi connectivity index (χ1v) is 7.42. The van der Waals surface area contributed by atoms with Crippen molar-refractivity contribution >= 4 is 5.91 Å². The summed E-state index contributed by atoms with van der Waals surface area (Å²) in [6, 6.07) is 7.49. The van der Waals surface area contributed by atoms with Gasteiger partial charge in [0.05, 0.1) is 6.54 Å². The highest BCUT2D eigenvalue weighted by molar-refractivity contribution is 5.79. The van der Waals surface area contributed by atoms with Crippen LogP contribution < -0.4 is 5.32 Å². The molecule has 2 fully saturated rings. The Morgan fingerprint density at radius 1 is 1.35 bits per heavy atom. The van der Waals surface area contributed by atoms with E-state index in [1.54, 1.807) is 0 Å². The molecular formula is C16H21FN2O. The molecule has 0 spiro atoms. The van der Waals surface area contributed by atoms with Crippen molar-refractivity contribution in [1.29, 1.82) is 0 Å². The first-order valence-electron chi connectivity index (χ1n) is 7.42. The highest BCUT2D eigenvalue weighted by atomic mass is 19.1. The van der Waals surface area contributed by atoms with Crippen molar-refractivity contribution in [3.05, 3.63) is 35.6 Å². The van der Waals surface area contributed by atoms with E-state index in [2.05, 4.69) is 12.2 Å². The zero-order valence-electron chi connectivity index (χ0n) is 11.8. The van der Waals surface area contributed by atoms with Crippen LogP contribution >= 0.6 is 0 Å². The number of hydrogen-bond donors (Lipinski definition) is 1. The molecule has 1 heterocycles. The molecule has 1 N–H and O–H groups in total. The second-order valence-corrected chi connectivity index (χ2v) is 6.03. The molecule has 1 aliphatic heterocycles. The summed E-state index contributed by atoms with van der Waals surface area (Å²) < 4.78 is 13.0. The Morgan fingerprint density at radius 3 is 2.70 bits per heavy atom. The second-order valence-electron chi connectivity index (χ2n) is 6.03. The second kappa shape index (κ2) is 5.52. The molecule has 1 saturated carbocycles. The van der Waals surface area contributed by atoms with Crippen LogP contribution in [0.1, 0.15) is 37.7 Å². The van der Waals surface area contributed by atoms with E-state index in [-0.39, 0.29) is 17.8 Å². The first-order chi connectivity index (χ1) is 9.63. The number of halogens is 1. The standard InChI is InChI=1S/C16H21FN2O/c1-11-8-13(12-2-4-14(17)5-3-12)10-19(11)16(20)9-18-15-6-7-15/h2-5,11,13,15,18H,6-10H2,1H3/t11-,13-/m1/s1. The van der Waals surface area contributed by atoms with Gasteiger partial charge in [0.25, 0.3) is 0 Å². The fraction of sp³-hybridized carbons (Fsp3) is 0.562. The van der Waals surface area contributed by atoms with Gasteiger partial charge in [-0.2, -0.15) is 0 Å². The number of likely N-dealkylation sites (tertiary alicyclic amines) is 1. The molecule has 2 atom stereocenters. The number of nitrogens with one attached hydrogen (secondary N) is 1. The van der Waals surface area contributed by atoms with E-state index in [9.17, 15) is 9.18 Å². The highest BCUT2D eigenvalue weighted by Crippen LogP contribution is 2.31. The van der Waals surface area contributed by atoms with Crippen LogP contribution in [-0.4, -0.2) is 36.0 Å². The molecule has 0 unspecified atom stereocenters. The van der Waals surface area contributed by atoms with E-state index in [0.717, 1.165) is 18.5 Å². The minimum Gasteiger partial charge on any atom is -0.338 e.